The van der Waals surface area contributed by atoms with Crippen LogP contribution in [-0.4, -0.2) is 21.7 Å². The predicted molar refractivity (Wildman–Crippen MR) is 108 cm³/mol. The van der Waals surface area contributed by atoms with E-state index in [0.717, 1.165) is 16.7 Å². The molecule has 1 atom stereocenters. The number of aliphatic hydroxyl groups is 1. The lowest BCUT2D eigenvalue weighted by Gasteiger charge is -2.34. The van der Waals surface area contributed by atoms with Gasteiger partial charge in [-0.3, -0.25) is 9.59 Å². The van der Waals surface area contributed by atoms with E-state index in [1.165, 1.54) is 0 Å². The molecule has 144 valence electrons. The third-order valence-electron chi connectivity index (χ3n) is 5.70. The van der Waals surface area contributed by atoms with Crippen LogP contribution in [0.2, 0.25) is 0 Å². The second-order valence-corrected chi connectivity index (χ2v) is 8.71. The van der Waals surface area contributed by atoms with Crippen LogP contribution in [0.1, 0.15) is 59.8 Å². The maximum absolute atomic E-state index is 13.2. The summed E-state index contributed by atoms with van der Waals surface area (Å²) in [7, 11) is 0. The minimum absolute atomic E-state index is 0.0721. The number of rotatable bonds is 3. The standard InChI is InChI=1S/C24H25NO3/c1-15-8-10-16(11-9-15)14-25-22(17-6-4-5-7-18(17)23(25)28)21-19(26)12-24(2,3)13-20(21)27/h4-11,22,26H,12-14H2,1-3H3. The van der Waals surface area contributed by atoms with Gasteiger partial charge in [-0.2, -0.15) is 0 Å². The highest BCUT2D eigenvalue weighted by molar-refractivity contribution is 6.05. The first-order valence-electron chi connectivity index (χ1n) is 9.67. The van der Waals surface area contributed by atoms with Crippen LogP contribution in [0.25, 0.3) is 0 Å². The van der Waals surface area contributed by atoms with E-state index in [9.17, 15) is 14.7 Å². The van der Waals surface area contributed by atoms with Crippen LogP contribution in [-0.2, 0) is 11.3 Å². The molecule has 0 saturated heterocycles. The molecular formula is C24H25NO3. The second kappa shape index (κ2) is 6.62. The summed E-state index contributed by atoms with van der Waals surface area (Å²) >= 11 is 0. The van der Waals surface area contributed by atoms with E-state index < -0.39 is 6.04 Å². The molecule has 4 heteroatoms. The van der Waals surface area contributed by atoms with Gasteiger partial charge in [0.25, 0.3) is 5.91 Å². The van der Waals surface area contributed by atoms with Crippen LogP contribution in [0.3, 0.4) is 0 Å². The number of fused-ring (bicyclic) bond motifs is 1. The minimum atomic E-state index is -0.534. The molecule has 1 amide bonds. The molecule has 0 bridgehead atoms. The Bertz CT molecular complexity index is 985. The summed E-state index contributed by atoms with van der Waals surface area (Å²) in [5, 5.41) is 10.8. The van der Waals surface area contributed by atoms with Gasteiger partial charge >= 0.3 is 0 Å². The van der Waals surface area contributed by atoms with Crippen molar-refractivity contribution in [2.75, 3.05) is 0 Å². The molecule has 1 N–H and O–H groups in total. The molecule has 0 saturated carbocycles. The van der Waals surface area contributed by atoms with Crippen LogP contribution >= 0.6 is 0 Å². The van der Waals surface area contributed by atoms with Crippen molar-refractivity contribution in [1.29, 1.82) is 0 Å². The molecule has 0 spiro atoms. The zero-order valence-corrected chi connectivity index (χ0v) is 16.5. The maximum Gasteiger partial charge on any atom is 0.255 e. The van der Waals surface area contributed by atoms with Crippen molar-refractivity contribution in [3.05, 3.63) is 82.1 Å². The second-order valence-electron chi connectivity index (χ2n) is 8.71. The van der Waals surface area contributed by atoms with Crippen molar-refractivity contribution in [2.45, 2.75) is 46.2 Å². The van der Waals surface area contributed by atoms with Gasteiger partial charge in [0.2, 0.25) is 0 Å². The van der Waals surface area contributed by atoms with Crippen molar-refractivity contribution in [3.8, 4) is 0 Å². The Hall–Kier alpha value is -2.88. The van der Waals surface area contributed by atoms with Gasteiger partial charge in [0.15, 0.2) is 5.78 Å². The normalized spacial score (nSPS) is 21.2. The zero-order valence-electron chi connectivity index (χ0n) is 16.5. The van der Waals surface area contributed by atoms with Gasteiger partial charge in [-0.15, -0.1) is 0 Å². The van der Waals surface area contributed by atoms with E-state index in [4.69, 9.17) is 0 Å². The van der Waals surface area contributed by atoms with Crippen LogP contribution in [0.4, 0.5) is 0 Å². The number of allylic oxidation sites excluding steroid dienone is 1. The lowest BCUT2D eigenvalue weighted by molar-refractivity contribution is -0.119. The number of amides is 1. The summed E-state index contributed by atoms with van der Waals surface area (Å²) < 4.78 is 0. The summed E-state index contributed by atoms with van der Waals surface area (Å²) in [5.74, 6) is -0.0547. The van der Waals surface area contributed by atoms with Gasteiger partial charge in [-0.25, -0.2) is 0 Å². The topological polar surface area (TPSA) is 57.6 Å². The van der Waals surface area contributed by atoms with E-state index in [1.807, 2.05) is 63.2 Å². The molecule has 2 aliphatic rings. The fourth-order valence-corrected chi connectivity index (χ4v) is 4.35. The molecule has 0 fully saturated rings. The largest absolute Gasteiger partial charge is 0.512 e. The lowest BCUT2D eigenvalue weighted by atomic mass is 9.74. The summed E-state index contributed by atoms with van der Waals surface area (Å²) in [4.78, 5) is 27.9. The van der Waals surface area contributed by atoms with Crippen molar-refractivity contribution >= 4 is 11.7 Å². The summed E-state index contributed by atoms with van der Waals surface area (Å²) in [6.07, 6.45) is 0.816. The van der Waals surface area contributed by atoms with Crippen LogP contribution in [0.5, 0.6) is 0 Å². The van der Waals surface area contributed by atoms with Crippen molar-refractivity contribution in [2.24, 2.45) is 5.41 Å². The first-order valence-corrected chi connectivity index (χ1v) is 9.67. The highest BCUT2D eigenvalue weighted by Crippen LogP contribution is 2.46. The molecule has 1 aliphatic carbocycles. The number of aryl methyl sites for hydroxylation is 1. The minimum Gasteiger partial charge on any atom is -0.512 e. The van der Waals surface area contributed by atoms with E-state index in [-0.39, 0.29) is 22.9 Å². The van der Waals surface area contributed by atoms with Gasteiger partial charge < -0.3 is 10.0 Å². The molecule has 2 aromatic carbocycles. The third kappa shape index (κ3) is 3.13. The van der Waals surface area contributed by atoms with E-state index in [1.54, 1.807) is 11.0 Å². The molecular weight excluding hydrogens is 350 g/mol. The Morgan fingerprint density at radius 1 is 1.04 bits per heavy atom. The van der Waals surface area contributed by atoms with Crippen molar-refractivity contribution < 1.29 is 14.7 Å². The van der Waals surface area contributed by atoms with E-state index in [0.29, 0.717) is 30.5 Å². The SMILES string of the molecule is Cc1ccc(CN2C(=O)c3ccccc3C2C2=C(O)CC(C)(C)CC2=O)cc1. The molecule has 1 heterocycles. The molecule has 4 rings (SSSR count). The van der Waals surface area contributed by atoms with E-state index in [2.05, 4.69) is 0 Å². The van der Waals surface area contributed by atoms with Gasteiger partial charge in [0, 0.05) is 24.9 Å². The number of carbonyl (C=O) groups is 2. The van der Waals surface area contributed by atoms with Gasteiger partial charge in [0.05, 0.1) is 11.6 Å². The predicted octanol–water partition coefficient (Wildman–Crippen LogP) is 4.89. The summed E-state index contributed by atoms with van der Waals surface area (Å²) in [6.45, 7) is 6.38. The number of hydrogen-bond acceptors (Lipinski definition) is 3. The van der Waals surface area contributed by atoms with Gasteiger partial charge in [0.1, 0.15) is 5.76 Å². The Labute approximate surface area is 165 Å². The number of ketones is 1. The molecule has 0 aromatic heterocycles. The number of Topliss-reactive ketones (excluding diaryl/α,β-unsaturated/α-hetero) is 1. The Balaban J connectivity index is 1.80. The monoisotopic (exact) mass is 375 g/mol. The molecule has 28 heavy (non-hydrogen) atoms. The number of benzene rings is 2. The Morgan fingerprint density at radius 2 is 1.71 bits per heavy atom. The van der Waals surface area contributed by atoms with Crippen LogP contribution in [0.15, 0.2) is 59.9 Å². The smallest absolute Gasteiger partial charge is 0.255 e. The van der Waals surface area contributed by atoms with Gasteiger partial charge in [-0.1, -0.05) is 61.9 Å². The molecule has 4 nitrogen and oxygen atoms in total. The van der Waals surface area contributed by atoms with E-state index >= 15 is 0 Å². The van der Waals surface area contributed by atoms with Gasteiger partial charge in [-0.05, 0) is 29.5 Å². The Kier molecular flexibility index (Phi) is 4.37. The first-order chi connectivity index (χ1) is 13.3. The molecule has 2 aromatic rings. The quantitative estimate of drug-likeness (QED) is 0.831. The first kappa shape index (κ1) is 18.5. The molecule has 1 unspecified atom stereocenters. The molecule has 1 aliphatic heterocycles. The Morgan fingerprint density at radius 3 is 2.39 bits per heavy atom. The highest BCUT2D eigenvalue weighted by atomic mass is 16.3. The number of nitrogens with zero attached hydrogens (tertiary/aromatic N) is 1. The number of aliphatic hydroxyl groups excluding tert-OH is 1. The zero-order chi connectivity index (χ0) is 20.1. The summed E-state index contributed by atoms with van der Waals surface area (Å²) in [6, 6.07) is 14.9. The number of carbonyl (C=O) groups excluding carboxylic acids is 2. The fraction of sp³-hybridized carbons (Fsp3) is 0.333. The highest BCUT2D eigenvalue weighted by Gasteiger charge is 2.45. The molecule has 0 radical (unpaired) electrons. The summed E-state index contributed by atoms with van der Waals surface area (Å²) in [5.41, 5.74) is 3.67. The average Bonchev–Trinajstić information content (AvgIpc) is 2.88. The third-order valence-corrected chi connectivity index (χ3v) is 5.70. The lowest BCUT2D eigenvalue weighted by Crippen LogP contribution is -2.35. The van der Waals surface area contributed by atoms with Crippen molar-refractivity contribution in [3.63, 3.8) is 0 Å². The number of hydrogen-bond donors (Lipinski definition) is 1. The van der Waals surface area contributed by atoms with Crippen LogP contribution < -0.4 is 0 Å². The maximum atomic E-state index is 13.2. The van der Waals surface area contributed by atoms with Crippen molar-refractivity contribution in [1.82, 2.24) is 4.90 Å². The van der Waals surface area contributed by atoms with Crippen LogP contribution in [0, 0.1) is 12.3 Å². The average molecular weight is 375 g/mol. The fourth-order valence-electron chi connectivity index (χ4n) is 4.35.